The Morgan fingerprint density at radius 3 is 2.54 bits per heavy atom. The van der Waals surface area contributed by atoms with Crippen molar-refractivity contribution in [2.45, 2.75) is 57.3 Å². The van der Waals surface area contributed by atoms with Crippen LogP contribution in [0.2, 0.25) is 0 Å². The molecule has 2 aliphatic heterocycles. The highest BCUT2D eigenvalue weighted by Gasteiger charge is 2.40. The monoisotopic (exact) mass is 550 g/mol. The van der Waals surface area contributed by atoms with E-state index in [0.717, 1.165) is 55.5 Å². The Labute approximate surface area is 230 Å². The largest absolute Gasteiger partial charge is 0.393 e. The van der Waals surface area contributed by atoms with Crippen LogP contribution >= 0.6 is 0 Å². The number of piperidine rings is 1. The van der Waals surface area contributed by atoms with Crippen molar-refractivity contribution < 1.29 is 13.5 Å². The van der Waals surface area contributed by atoms with Gasteiger partial charge in [-0.3, -0.25) is 0 Å². The lowest BCUT2D eigenvalue weighted by Crippen LogP contribution is -2.50. The predicted octanol–water partition coefficient (Wildman–Crippen LogP) is 4.11. The van der Waals surface area contributed by atoms with Gasteiger partial charge in [0.05, 0.1) is 17.1 Å². The van der Waals surface area contributed by atoms with Gasteiger partial charge in [0.2, 0.25) is 5.95 Å². The summed E-state index contributed by atoms with van der Waals surface area (Å²) >= 11 is 0. The summed E-state index contributed by atoms with van der Waals surface area (Å²) in [4.78, 5) is 18.3. The van der Waals surface area contributed by atoms with Gasteiger partial charge in [-0.15, -0.1) is 0 Å². The lowest BCUT2D eigenvalue weighted by atomic mass is 9.93. The average molecular weight is 551 g/mol. The first-order chi connectivity index (χ1) is 18.7. The Hall–Kier alpha value is -2.98. The Morgan fingerprint density at radius 2 is 1.82 bits per heavy atom. The minimum absolute atomic E-state index is 0.0879. The van der Waals surface area contributed by atoms with Gasteiger partial charge in [-0.2, -0.15) is 4.98 Å². The molecule has 10 heteroatoms. The topological polar surface area (TPSA) is 112 Å². The van der Waals surface area contributed by atoms with Gasteiger partial charge < -0.3 is 20.2 Å². The van der Waals surface area contributed by atoms with Gasteiger partial charge in [0, 0.05) is 55.6 Å². The van der Waals surface area contributed by atoms with Gasteiger partial charge in [-0.05, 0) is 60.2 Å². The molecule has 2 atom stereocenters. The summed E-state index contributed by atoms with van der Waals surface area (Å²) in [5, 5.41) is 15.6. The molecule has 2 aromatic heterocycles. The van der Waals surface area contributed by atoms with E-state index in [1.807, 2.05) is 12.3 Å². The Kier molecular flexibility index (Phi) is 6.87. The molecule has 3 fully saturated rings. The SMILES string of the molecule is CC(C)c1ccc(N2CC(CS(=O)(=O)C3CC3)C2)c2cnc(Nc3ccnc(N4CC[C@@H](O)[C@H](C)C4)n3)cc12. The van der Waals surface area contributed by atoms with E-state index < -0.39 is 9.84 Å². The molecular formula is C29H38N6O3S. The van der Waals surface area contributed by atoms with Crippen molar-refractivity contribution in [2.24, 2.45) is 11.8 Å². The van der Waals surface area contributed by atoms with Crippen molar-refractivity contribution >= 4 is 43.9 Å². The lowest BCUT2D eigenvalue weighted by Gasteiger charge is -2.41. The van der Waals surface area contributed by atoms with Crippen LogP contribution in [0.4, 0.5) is 23.3 Å². The third-order valence-electron chi connectivity index (χ3n) is 8.37. The fraction of sp³-hybridized carbons (Fsp3) is 0.552. The van der Waals surface area contributed by atoms with Crippen LogP contribution in [0.25, 0.3) is 10.8 Å². The number of rotatable bonds is 8. The zero-order valence-electron chi connectivity index (χ0n) is 22.9. The van der Waals surface area contributed by atoms with E-state index in [9.17, 15) is 13.5 Å². The molecule has 9 nitrogen and oxygen atoms in total. The predicted molar refractivity (Wildman–Crippen MR) is 156 cm³/mol. The van der Waals surface area contributed by atoms with Crippen LogP contribution in [0.15, 0.2) is 36.7 Å². The fourth-order valence-corrected chi connectivity index (χ4v) is 7.87. The molecule has 6 rings (SSSR count). The number of hydrogen-bond donors (Lipinski definition) is 2. The molecule has 0 unspecified atom stereocenters. The molecule has 2 N–H and O–H groups in total. The zero-order chi connectivity index (χ0) is 27.3. The molecule has 1 saturated carbocycles. The zero-order valence-corrected chi connectivity index (χ0v) is 23.7. The van der Waals surface area contributed by atoms with E-state index in [1.54, 1.807) is 6.20 Å². The van der Waals surface area contributed by atoms with E-state index in [1.165, 1.54) is 5.56 Å². The second-order valence-corrected chi connectivity index (χ2v) is 14.2. The summed E-state index contributed by atoms with van der Waals surface area (Å²) in [5.74, 6) is 3.06. The maximum atomic E-state index is 12.4. The van der Waals surface area contributed by atoms with E-state index in [4.69, 9.17) is 9.97 Å². The van der Waals surface area contributed by atoms with Crippen molar-refractivity contribution in [3.8, 4) is 0 Å². The van der Waals surface area contributed by atoms with E-state index >= 15 is 0 Å². The Morgan fingerprint density at radius 1 is 1.03 bits per heavy atom. The molecule has 3 aliphatic rings. The summed E-state index contributed by atoms with van der Waals surface area (Å²) in [6, 6.07) is 8.28. The molecule has 2 saturated heterocycles. The maximum absolute atomic E-state index is 12.4. The van der Waals surface area contributed by atoms with Crippen molar-refractivity contribution in [3.63, 3.8) is 0 Å². The molecule has 1 aliphatic carbocycles. The lowest BCUT2D eigenvalue weighted by molar-refractivity contribution is 0.0966. The van der Waals surface area contributed by atoms with Crippen LogP contribution in [-0.2, 0) is 9.84 Å². The van der Waals surface area contributed by atoms with Gasteiger partial charge in [0.1, 0.15) is 11.6 Å². The number of pyridine rings is 1. The quantitative estimate of drug-likeness (QED) is 0.428. The number of hydrogen-bond acceptors (Lipinski definition) is 9. The molecule has 4 heterocycles. The van der Waals surface area contributed by atoms with Crippen LogP contribution in [0.3, 0.4) is 0 Å². The molecule has 0 spiro atoms. The first-order valence-corrected chi connectivity index (χ1v) is 15.8. The number of fused-ring (bicyclic) bond motifs is 1. The van der Waals surface area contributed by atoms with E-state index in [2.05, 4.69) is 59.1 Å². The average Bonchev–Trinajstić information content (AvgIpc) is 3.74. The third-order valence-corrected chi connectivity index (χ3v) is 10.8. The molecule has 0 amide bonds. The second-order valence-electron chi connectivity index (χ2n) is 11.9. The molecular weight excluding hydrogens is 512 g/mol. The number of nitrogens with zero attached hydrogens (tertiary/aromatic N) is 5. The van der Waals surface area contributed by atoms with Gasteiger partial charge in [0.15, 0.2) is 9.84 Å². The van der Waals surface area contributed by atoms with E-state index in [0.29, 0.717) is 35.7 Å². The van der Waals surface area contributed by atoms with E-state index in [-0.39, 0.29) is 23.2 Å². The smallest absolute Gasteiger partial charge is 0.227 e. The highest BCUT2D eigenvalue weighted by atomic mass is 32.2. The van der Waals surface area contributed by atoms with Gasteiger partial charge in [0.25, 0.3) is 0 Å². The fourth-order valence-electron chi connectivity index (χ4n) is 5.87. The molecule has 3 aromatic rings. The summed E-state index contributed by atoms with van der Waals surface area (Å²) in [6.07, 6.45) is 5.77. The Bertz CT molecular complexity index is 1470. The van der Waals surface area contributed by atoms with Crippen LogP contribution in [0, 0.1) is 11.8 Å². The minimum atomic E-state index is -2.94. The normalized spacial score (nSPS) is 22.4. The van der Waals surface area contributed by atoms with Crippen molar-refractivity contribution in [1.82, 2.24) is 15.0 Å². The van der Waals surface area contributed by atoms with Gasteiger partial charge in [-0.25, -0.2) is 18.4 Å². The number of aromatic nitrogens is 3. The molecule has 0 radical (unpaired) electrons. The maximum Gasteiger partial charge on any atom is 0.227 e. The summed E-state index contributed by atoms with van der Waals surface area (Å²) in [6.45, 7) is 9.41. The summed E-state index contributed by atoms with van der Waals surface area (Å²) in [5.41, 5.74) is 2.36. The number of sulfone groups is 1. The highest BCUT2D eigenvalue weighted by molar-refractivity contribution is 7.92. The van der Waals surface area contributed by atoms with Gasteiger partial charge >= 0.3 is 0 Å². The first kappa shape index (κ1) is 26.3. The van der Waals surface area contributed by atoms with Crippen LogP contribution in [0.1, 0.15) is 51.5 Å². The number of aliphatic hydroxyl groups is 1. The van der Waals surface area contributed by atoms with Crippen molar-refractivity contribution in [1.29, 1.82) is 0 Å². The van der Waals surface area contributed by atoms with Crippen molar-refractivity contribution in [3.05, 3.63) is 42.2 Å². The number of benzene rings is 1. The minimum Gasteiger partial charge on any atom is -0.393 e. The summed E-state index contributed by atoms with van der Waals surface area (Å²) < 4.78 is 24.9. The second kappa shape index (κ2) is 10.2. The standard InChI is InChI=1S/C29H38N6O3S/c1-18(2)22-6-7-25(35-15-20(16-35)17-39(37,38)21-4-5-21)24-13-31-28(12-23(22)24)32-27-8-10-30-29(33-27)34-11-9-26(36)19(3)14-34/h6-8,10,12-13,18-21,26,36H,4-5,9,11,14-17H2,1-3H3,(H,30,31,32,33)/t19-,26-/m1/s1. The first-order valence-electron chi connectivity index (χ1n) is 14.1. The van der Waals surface area contributed by atoms with Crippen LogP contribution in [0.5, 0.6) is 0 Å². The van der Waals surface area contributed by atoms with Crippen molar-refractivity contribution in [2.75, 3.05) is 47.0 Å². The number of anilines is 4. The third kappa shape index (κ3) is 5.41. The number of aliphatic hydroxyl groups excluding tert-OH is 1. The Balaban J connectivity index is 1.22. The molecule has 208 valence electrons. The van der Waals surface area contributed by atoms with Crippen LogP contribution < -0.4 is 15.1 Å². The summed E-state index contributed by atoms with van der Waals surface area (Å²) in [7, 11) is -2.94. The molecule has 0 bridgehead atoms. The molecule has 39 heavy (non-hydrogen) atoms. The highest BCUT2D eigenvalue weighted by Crippen LogP contribution is 2.38. The van der Waals surface area contributed by atoms with Crippen LogP contribution in [-0.4, -0.2) is 71.8 Å². The molecule has 1 aromatic carbocycles. The van der Waals surface area contributed by atoms with Gasteiger partial charge in [-0.1, -0.05) is 26.8 Å². The number of nitrogens with one attached hydrogen (secondary N) is 1.